The minimum atomic E-state index is -0.750. The molecule has 1 N–H and O–H groups in total. The van der Waals surface area contributed by atoms with Crippen molar-refractivity contribution in [1.82, 2.24) is 4.57 Å². The van der Waals surface area contributed by atoms with E-state index in [4.69, 9.17) is 0 Å². The van der Waals surface area contributed by atoms with Crippen LogP contribution in [0.1, 0.15) is 49.2 Å². The molecule has 0 spiro atoms. The summed E-state index contributed by atoms with van der Waals surface area (Å²) in [6.45, 7) is 5.05. The van der Waals surface area contributed by atoms with Gasteiger partial charge in [0, 0.05) is 45.8 Å². The normalized spacial score (nSPS) is 22.6. The van der Waals surface area contributed by atoms with Crippen molar-refractivity contribution in [3.05, 3.63) is 23.0 Å². The fourth-order valence-electron chi connectivity index (χ4n) is 2.73. The molecule has 18 heavy (non-hydrogen) atoms. The molecule has 0 amide bonds. The van der Waals surface area contributed by atoms with E-state index in [-0.39, 0.29) is 11.4 Å². The monoisotopic (exact) mass is 269 g/mol. The first-order valence-electron chi connectivity index (χ1n) is 6.70. The van der Waals surface area contributed by atoms with E-state index >= 15 is 0 Å². The van der Waals surface area contributed by atoms with E-state index in [0.717, 1.165) is 37.8 Å². The highest BCUT2D eigenvalue weighted by atomic mass is 32.2. The lowest BCUT2D eigenvalue weighted by Crippen LogP contribution is -2.17. The van der Waals surface area contributed by atoms with Gasteiger partial charge in [-0.25, -0.2) is 0 Å². The predicted molar refractivity (Wildman–Crippen MR) is 75.2 cm³/mol. The van der Waals surface area contributed by atoms with Crippen molar-refractivity contribution in [2.75, 3.05) is 6.26 Å². The first-order valence-corrected chi connectivity index (χ1v) is 8.32. The van der Waals surface area contributed by atoms with Gasteiger partial charge in [-0.05, 0) is 38.7 Å². The van der Waals surface area contributed by atoms with Crippen molar-refractivity contribution in [2.45, 2.75) is 57.4 Å². The molecule has 0 fully saturated rings. The molecule has 0 radical (unpaired) electrons. The Bertz CT molecular complexity index is 453. The number of hydrogen-bond donors (Lipinski definition) is 1. The Morgan fingerprint density at radius 1 is 1.61 bits per heavy atom. The second-order valence-electron chi connectivity index (χ2n) is 5.35. The van der Waals surface area contributed by atoms with Crippen LogP contribution < -0.4 is 0 Å². The van der Waals surface area contributed by atoms with Gasteiger partial charge >= 0.3 is 0 Å². The lowest BCUT2D eigenvalue weighted by molar-refractivity contribution is 0.155. The molecule has 0 aliphatic heterocycles. The lowest BCUT2D eigenvalue weighted by Gasteiger charge is -2.21. The smallest absolute Gasteiger partial charge is 0.0807 e. The minimum absolute atomic E-state index is 0.232. The van der Waals surface area contributed by atoms with Gasteiger partial charge in [-0.2, -0.15) is 0 Å². The summed E-state index contributed by atoms with van der Waals surface area (Å²) >= 11 is 0. The predicted octanol–water partition coefficient (Wildman–Crippen LogP) is 2.32. The average Bonchev–Trinajstić information content (AvgIpc) is 2.64. The Kier molecular flexibility index (Phi) is 4.28. The lowest BCUT2D eigenvalue weighted by atomic mass is 9.95. The van der Waals surface area contributed by atoms with Crippen LogP contribution in [0.5, 0.6) is 0 Å². The first-order chi connectivity index (χ1) is 8.50. The molecule has 1 aliphatic carbocycles. The van der Waals surface area contributed by atoms with Crippen molar-refractivity contribution in [1.29, 1.82) is 0 Å². The van der Waals surface area contributed by atoms with Gasteiger partial charge in [0.25, 0.3) is 0 Å². The standard InChI is InChI=1S/C14H23NO2S/c1-10-9-12-13(5-4-6-14(12)16)15(10)8-7-11(2)18(3)17/h9,11,14,16H,4-8H2,1-3H3. The van der Waals surface area contributed by atoms with Gasteiger partial charge in [-0.1, -0.05) is 6.92 Å². The van der Waals surface area contributed by atoms with Crippen molar-refractivity contribution in [3.63, 3.8) is 0 Å². The number of aliphatic hydroxyl groups excluding tert-OH is 1. The maximum atomic E-state index is 11.4. The molecular weight excluding hydrogens is 246 g/mol. The molecule has 0 bridgehead atoms. The summed E-state index contributed by atoms with van der Waals surface area (Å²) in [6.07, 6.45) is 5.42. The summed E-state index contributed by atoms with van der Waals surface area (Å²) in [7, 11) is -0.750. The fourth-order valence-corrected chi connectivity index (χ4v) is 3.17. The molecule has 4 heteroatoms. The van der Waals surface area contributed by atoms with Crippen LogP contribution in [-0.2, 0) is 23.8 Å². The maximum Gasteiger partial charge on any atom is 0.0807 e. The number of rotatable bonds is 4. The minimum Gasteiger partial charge on any atom is -0.388 e. The van der Waals surface area contributed by atoms with E-state index in [1.54, 1.807) is 6.26 Å². The summed E-state index contributed by atoms with van der Waals surface area (Å²) < 4.78 is 13.7. The second-order valence-corrected chi connectivity index (χ2v) is 7.15. The molecule has 1 aromatic heterocycles. The largest absolute Gasteiger partial charge is 0.388 e. The van der Waals surface area contributed by atoms with Crippen molar-refractivity contribution in [2.24, 2.45) is 0 Å². The molecule has 0 aromatic carbocycles. The fraction of sp³-hybridized carbons (Fsp3) is 0.714. The van der Waals surface area contributed by atoms with Crippen LogP contribution in [0, 0.1) is 6.92 Å². The molecule has 2 rings (SSSR count). The van der Waals surface area contributed by atoms with Crippen LogP contribution in [-0.4, -0.2) is 25.4 Å². The number of aromatic nitrogens is 1. The van der Waals surface area contributed by atoms with E-state index in [0.29, 0.717) is 0 Å². The van der Waals surface area contributed by atoms with E-state index in [1.807, 2.05) is 6.92 Å². The van der Waals surface area contributed by atoms with Gasteiger partial charge in [0.05, 0.1) is 6.10 Å². The zero-order chi connectivity index (χ0) is 13.3. The molecule has 3 unspecified atom stereocenters. The SMILES string of the molecule is Cc1cc2c(n1CCC(C)S(C)=O)CCCC2O. The van der Waals surface area contributed by atoms with Crippen LogP contribution in [0.3, 0.4) is 0 Å². The number of nitrogens with zero attached hydrogens (tertiary/aromatic N) is 1. The summed E-state index contributed by atoms with van der Waals surface area (Å²) in [5, 5.41) is 10.2. The van der Waals surface area contributed by atoms with Crippen LogP contribution in [0.2, 0.25) is 0 Å². The molecule has 3 atom stereocenters. The highest BCUT2D eigenvalue weighted by Crippen LogP contribution is 2.32. The molecule has 1 aliphatic rings. The van der Waals surface area contributed by atoms with Gasteiger partial charge in [-0.3, -0.25) is 4.21 Å². The Labute approximate surface area is 112 Å². The Morgan fingerprint density at radius 3 is 3.00 bits per heavy atom. The Hall–Kier alpha value is -0.610. The van der Waals surface area contributed by atoms with Gasteiger partial charge in [0.2, 0.25) is 0 Å². The number of aryl methyl sites for hydroxylation is 1. The van der Waals surface area contributed by atoms with Gasteiger partial charge < -0.3 is 9.67 Å². The molecule has 0 saturated carbocycles. The summed E-state index contributed by atoms with van der Waals surface area (Å²) in [5.74, 6) is 0. The molecule has 1 heterocycles. The Balaban J connectivity index is 2.16. The summed E-state index contributed by atoms with van der Waals surface area (Å²) in [5.41, 5.74) is 3.62. The third kappa shape index (κ3) is 2.69. The van der Waals surface area contributed by atoms with Crippen LogP contribution in [0.4, 0.5) is 0 Å². The zero-order valence-corrected chi connectivity index (χ0v) is 12.3. The van der Waals surface area contributed by atoms with Crippen molar-refractivity contribution < 1.29 is 9.32 Å². The maximum absolute atomic E-state index is 11.4. The van der Waals surface area contributed by atoms with E-state index in [2.05, 4.69) is 17.6 Å². The van der Waals surface area contributed by atoms with E-state index in [1.165, 1.54) is 11.4 Å². The van der Waals surface area contributed by atoms with Gasteiger partial charge in [0.15, 0.2) is 0 Å². The zero-order valence-electron chi connectivity index (χ0n) is 11.5. The molecule has 0 saturated heterocycles. The Morgan fingerprint density at radius 2 is 2.33 bits per heavy atom. The van der Waals surface area contributed by atoms with E-state index in [9.17, 15) is 9.32 Å². The molecule has 3 nitrogen and oxygen atoms in total. The van der Waals surface area contributed by atoms with Gasteiger partial charge in [0.1, 0.15) is 0 Å². The second kappa shape index (κ2) is 5.57. The number of aliphatic hydroxyl groups is 1. The molecule has 1 aromatic rings. The van der Waals surface area contributed by atoms with Crippen molar-refractivity contribution in [3.8, 4) is 0 Å². The van der Waals surface area contributed by atoms with Crippen molar-refractivity contribution >= 4 is 10.8 Å². The number of hydrogen-bond acceptors (Lipinski definition) is 2. The molecule has 102 valence electrons. The first kappa shape index (κ1) is 13.8. The topological polar surface area (TPSA) is 42.2 Å². The summed E-state index contributed by atoms with van der Waals surface area (Å²) in [4.78, 5) is 0. The third-order valence-electron chi connectivity index (χ3n) is 4.03. The van der Waals surface area contributed by atoms with Crippen LogP contribution in [0.15, 0.2) is 6.07 Å². The van der Waals surface area contributed by atoms with Crippen LogP contribution >= 0.6 is 0 Å². The highest BCUT2D eigenvalue weighted by molar-refractivity contribution is 7.84. The quantitative estimate of drug-likeness (QED) is 0.911. The van der Waals surface area contributed by atoms with Crippen LogP contribution in [0.25, 0.3) is 0 Å². The average molecular weight is 269 g/mol. The third-order valence-corrected chi connectivity index (χ3v) is 5.39. The molecular formula is C14H23NO2S. The van der Waals surface area contributed by atoms with Gasteiger partial charge in [-0.15, -0.1) is 0 Å². The summed E-state index contributed by atoms with van der Waals surface area (Å²) in [6, 6.07) is 2.12. The van der Waals surface area contributed by atoms with E-state index < -0.39 is 10.8 Å². The number of fused-ring (bicyclic) bond motifs is 1. The highest BCUT2D eigenvalue weighted by Gasteiger charge is 2.23.